The number of aromatic nitrogens is 1. The number of carbonyl (C=O) groups is 1. The van der Waals surface area contributed by atoms with Crippen LogP contribution in [0.3, 0.4) is 0 Å². The molecule has 1 aliphatic heterocycles. The lowest BCUT2D eigenvalue weighted by Gasteiger charge is -2.40. The highest BCUT2D eigenvalue weighted by Gasteiger charge is 2.34. The average Bonchev–Trinajstić information content (AvgIpc) is 2.53. The average molecular weight is 309 g/mol. The van der Waals surface area contributed by atoms with E-state index in [0.29, 0.717) is 5.92 Å². The van der Waals surface area contributed by atoms with E-state index in [-0.39, 0.29) is 11.8 Å². The van der Waals surface area contributed by atoms with Crippen LogP contribution in [-0.2, 0) is 4.79 Å². The number of pyridine rings is 1. The molecule has 2 heterocycles. The maximum atomic E-state index is 12.6. The molecular formula is C19H23N3O. The van der Waals surface area contributed by atoms with Gasteiger partial charge in [0.2, 0.25) is 5.91 Å². The molecule has 1 unspecified atom stereocenters. The zero-order valence-electron chi connectivity index (χ0n) is 13.9. The molecule has 0 N–H and O–H groups in total. The third-order valence-electron chi connectivity index (χ3n) is 4.58. The van der Waals surface area contributed by atoms with Gasteiger partial charge in [-0.1, -0.05) is 18.2 Å². The number of hydrogen-bond acceptors (Lipinski definition) is 3. The molecule has 120 valence electrons. The summed E-state index contributed by atoms with van der Waals surface area (Å²) in [5, 5.41) is 0. The Morgan fingerprint density at radius 3 is 2.43 bits per heavy atom. The lowest BCUT2D eigenvalue weighted by molar-refractivity contribution is -0.136. The van der Waals surface area contributed by atoms with Crippen molar-refractivity contribution in [2.24, 2.45) is 0 Å². The van der Waals surface area contributed by atoms with E-state index in [1.807, 2.05) is 62.4 Å². The van der Waals surface area contributed by atoms with Crippen molar-refractivity contribution in [3.63, 3.8) is 0 Å². The molecule has 1 amide bonds. The fourth-order valence-electron chi connectivity index (χ4n) is 2.94. The highest BCUT2D eigenvalue weighted by atomic mass is 16.2. The summed E-state index contributed by atoms with van der Waals surface area (Å²) >= 11 is 0. The van der Waals surface area contributed by atoms with Gasteiger partial charge in [-0.2, -0.15) is 0 Å². The van der Waals surface area contributed by atoms with Crippen LogP contribution in [0.15, 0.2) is 48.7 Å². The van der Waals surface area contributed by atoms with Crippen molar-refractivity contribution in [2.45, 2.75) is 18.8 Å². The minimum atomic E-state index is -0.101. The van der Waals surface area contributed by atoms with Crippen LogP contribution >= 0.6 is 0 Å². The van der Waals surface area contributed by atoms with Gasteiger partial charge in [0.15, 0.2) is 0 Å². The Labute approximate surface area is 137 Å². The van der Waals surface area contributed by atoms with Gasteiger partial charge in [-0.15, -0.1) is 0 Å². The van der Waals surface area contributed by atoms with Crippen molar-refractivity contribution in [1.82, 2.24) is 9.88 Å². The Morgan fingerprint density at radius 1 is 1.17 bits per heavy atom. The van der Waals surface area contributed by atoms with Gasteiger partial charge in [-0.05, 0) is 36.8 Å². The molecule has 3 rings (SSSR count). The number of benzene rings is 1. The Bertz CT molecular complexity index is 661. The zero-order valence-corrected chi connectivity index (χ0v) is 13.9. The van der Waals surface area contributed by atoms with E-state index < -0.39 is 0 Å². The second kappa shape index (κ2) is 6.41. The van der Waals surface area contributed by atoms with Crippen molar-refractivity contribution in [2.75, 3.05) is 32.1 Å². The van der Waals surface area contributed by atoms with Crippen LogP contribution in [0.4, 0.5) is 5.69 Å². The van der Waals surface area contributed by atoms with Crippen molar-refractivity contribution in [3.8, 4) is 0 Å². The summed E-state index contributed by atoms with van der Waals surface area (Å²) < 4.78 is 0. The van der Waals surface area contributed by atoms with E-state index in [0.717, 1.165) is 30.0 Å². The monoisotopic (exact) mass is 309 g/mol. The maximum absolute atomic E-state index is 12.6. The molecule has 4 nitrogen and oxygen atoms in total. The highest BCUT2D eigenvalue weighted by Crippen LogP contribution is 2.29. The van der Waals surface area contributed by atoms with E-state index in [1.165, 1.54) is 0 Å². The molecule has 1 aromatic heterocycles. The summed E-state index contributed by atoms with van der Waals surface area (Å²) in [6.45, 7) is 3.53. The van der Waals surface area contributed by atoms with Crippen LogP contribution in [-0.4, -0.2) is 43.0 Å². The summed E-state index contributed by atoms with van der Waals surface area (Å²) in [5.41, 5.74) is 3.30. The molecule has 0 spiro atoms. The molecule has 0 saturated carbocycles. The Hall–Kier alpha value is -2.36. The fourth-order valence-corrected chi connectivity index (χ4v) is 2.94. The molecule has 1 aromatic carbocycles. The molecule has 23 heavy (non-hydrogen) atoms. The first-order chi connectivity index (χ1) is 11.1. The van der Waals surface area contributed by atoms with Crippen LogP contribution in [0.25, 0.3) is 0 Å². The second-order valence-electron chi connectivity index (χ2n) is 6.40. The minimum absolute atomic E-state index is 0.101. The summed E-state index contributed by atoms with van der Waals surface area (Å²) in [7, 11) is 4.03. The quantitative estimate of drug-likeness (QED) is 0.871. The Balaban J connectivity index is 1.60. The van der Waals surface area contributed by atoms with Gasteiger partial charge in [0, 0.05) is 50.7 Å². The van der Waals surface area contributed by atoms with Crippen LogP contribution in [0.1, 0.15) is 30.0 Å². The molecular weight excluding hydrogens is 286 g/mol. The smallest absolute Gasteiger partial charge is 0.229 e. The number of carbonyl (C=O) groups excluding carboxylic acids is 1. The Kier molecular flexibility index (Phi) is 4.33. The minimum Gasteiger partial charge on any atom is -0.378 e. The van der Waals surface area contributed by atoms with Crippen molar-refractivity contribution in [3.05, 3.63) is 59.9 Å². The maximum Gasteiger partial charge on any atom is 0.229 e. The molecule has 0 radical (unpaired) electrons. The molecule has 1 atom stereocenters. The van der Waals surface area contributed by atoms with Crippen LogP contribution in [0.5, 0.6) is 0 Å². The van der Waals surface area contributed by atoms with E-state index in [1.54, 1.807) is 0 Å². The summed E-state index contributed by atoms with van der Waals surface area (Å²) in [6.07, 6.45) is 1.81. The normalized spacial score (nSPS) is 15.9. The first-order valence-electron chi connectivity index (χ1n) is 8.03. The number of anilines is 1. The van der Waals surface area contributed by atoms with Gasteiger partial charge in [0.1, 0.15) is 0 Å². The first kappa shape index (κ1) is 15.5. The van der Waals surface area contributed by atoms with Crippen LogP contribution in [0, 0.1) is 0 Å². The molecule has 1 fully saturated rings. The van der Waals surface area contributed by atoms with E-state index in [9.17, 15) is 4.79 Å². The molecule has 0 bridgehead atoms. The van der Waals surface area contributed by atoms with Gasteiger partial charge in [0.25, 0.3) is 0 Å². The molecule has 0 aliphatic carbocycles. The fraction of sp³-hybridized carbons (Fsp3) is 0.368. The van der Waals surface area contributed by atoms with E-state index >= 15 is 0 Å². The number of likely N-dealkylation sites (tertiary alicyclic amines) is 1. The molecule has 4 heteroatoms. The lowest BCUT2D eigenvalue weighted by atomic mass is 9.92. The number of hydrogen-bond donors (Lipinski definition) is 0. The summed E-state index contributed by atoms with van der Waals surface area (Å²) in [5.74, 6) is 0.481. The summed E-state index contributed by atoms with van der Waals surface area (Å²) in [4.78, 5) is 21.0. The van der Waals surface area contributed by atoms with Gasteiger partial charge in [-0.3, -0.25) is 9.78 Å². The predicted molar refractivity (Wildman–Crippen MR) is 92.7 cm³/mol. The van der Waals surface area contributed by atoms with Gasteiger partial charge in [-0.25, -0.2) is 0 Å². The van der Waals surface area contributed by atoms with Crippen molar-refractivity contribution in [1.29, 1.82) is 0 Å². The van der Waals surface area contributed by atoms with Crippen molar-refractivity contribution >= 4 is 11.6 Å². The Morgan fingerprint density at radius 2 is 1.87 bits per heavy atom. The van der Waals surface area contributed by atoms with E-state index in [2.05, 4.69) is 22.0 Å². The molecule has 1 saturated heterocycles. The third-order valence-corrected chi connectivity index (χ3v) is 4.58. The second-order valence-corrected chi connectivity index (χ2v) is 6.40. The number of amides is 1. The standard InChI is InChI=1S/C19H23N3O/c1-14(15-7-9-17(10-8-15)21(2)3)19(23)22-12-16(13-22)18-6-4-5-11-20-18/h4-11,14,16H,12-13H2,1-3H3. The van der Waals surface area contributed by atoms with Gasteiger partial charge < -0.3 is 9.80 Å². The highest BCUT2D eigenvalue weighted by molar-refractivity contribution is 5.84. The van der Waals surface area contributed by atoms with Gasteiger partial charge in [0.05, 0.1) is 5.92 Å². The third kappa shape index (κ3) is 3.21. The molecule has 1 aliphatic rings. The number of nitrogens with zero attached hydrogens (tertiary/aromatic N) is 3. The topological polar surface area (TPSA) is 36.4 Å². The predicted octanol–water partition coefficient (Wildman–Crippen LogP) is 2.88. The van der Waals surface area contributed by atoms with Gasteiger partial charge >= 0.3 is 0 Å². The van der Waals surface area contributed by atoms with Crippen molar-refractivity contribution < 1.29 is 4.79 Å². The lowest BCUT2D eigenvalue weighted by Crippen LogP contribution is -2.50. The van der Waals surface area contributed by atoms with Crippen LogP contribution in [0.2, 0.25) is 0 Å². The SMILES string of the molecule is CC(C(=O)N1CC(c2ccccn2)C1)c1ccc(N(C)C)cc1. The van der Waals surface area contributed by atoms with Crippen LogP contribution < -0.4 is 4.90 Å². The van der Waals surface area contributed by atoms with E-state index in [4.69, 9.17) is 0 Å². The number of rotatable bonds is 4. The largest absolute Gasteiger partial charge is 0.378 e. The first-order valence-corrected chi connectivity index (χ1v) is 8.03. The summed E-state index contributed by atoms with van der Waals surface area (Å²) in [6, 6.07) is 14.2. The zero-order chi connectivity index (χ0) is 16.4. The molecule has 2 aromatic rings.